The van der Waals surface area contributed by atoms with Crippen LogP contribution in [0.1, 0.15) is 13.8 Å². The van der Waals surface area contributed by atoms with Crippen LogP contribution in [0, 0.1) is 0 Å². The third-order valence-corrected chi connectivity index (χ3v) is 0.577. The Hall–Kier alpha value is -1.05. The highest BCUT2D eigenvalue weighted by atomic mass is 16.5. The Labute approximate surface area is 54.8 Å². The molecule has 2 nitrogen and oxygen atoms in total. The highest BCUT2D eigenvalue weighted by Gasteiger charge is 1.88. The zero-order valence-corrected chi connectivity index (χ0v) is 5.68. The molecule has 0 radical (unpaired) electrons. The van der Waals surface area contributed by atoms with Gasteiger partial charge in [0.25, 0.3) is 0 Å². The molecule has 0 bridgehead atoms. The van der Waals surface area contributed by atoms with Gasteiger partial charge < -0.3 is 4.74 Å². The lowest BCUT2D eigenvalue weighted by Gasteiger charge is -1.91. The minimum Gasteiger partial charge on any atom is -0.431 e. The normalized spacial score (nSPS) is 7.78. The first-order valence-electron chi connectivity index (χ1n) is 2.63. The largest absolute Gasteiger partial charge is 0.431 e. The number of carbonyl (C=O) groups is 1. The van der Waals surface area contributed by atoms with Gasteiger partial charge in [-0.05, 0) is 19.4 Å². The van der Waals surface area contributed by atoms with Crippen LogP contribution in [0.25, 0.3) is 0 Å². The van der Waals surface area contributed by atoms with Crippen molar-refractivity contribution in [2.45, 2.75) is 13.8 Å². The minimum absolute atomic E-state index is 0.420. The topological polar surface area (TPSA) is 26.3 Å². The summed E-state index contributed by atoms with van der Waals surface area (Å²) in [7, 11) is 0. The summed E-state index contributed by atoms with van der Waals surface area (Å²) >= 11 is 0. The number of rotatable bonds is 2. The number of carbonyl (C=O) groups excluding carboxylic acids is 1. The number of ether oxygens (including phenoxy) is 1. The number of allylic oxidation sites excluding steroid dienone is 1. The summed E-state index contributed by atoms with van der Waals surface area (Å²) in [6.45, 7) is 6.92. The summed E-state index contributed by atoms with van der Waals surface area (Å²) < 4.78 is 4.53. The van der Waals surface area contributed by atoms with E-state index < -0.39 is 5.97 Å². The lowest BCUT2D eigenvalue weighted by atomic mass is 10.4. The number of esters is 1. The van der Waals surface area contributed by atoms with Gasteiger partial charge in [-0.15, -0.1) is 0 Å². The molecule has 50 valence electrons. The summed E-state index contributed by atoms with van der Waals surface area (Å²) in [6.07, 6.45) is 2.52. The molecule has 0 saturated carbocycles. The van der Waals surface area contributed by atoms with Crippen LogP contribution < -0.4 is 0 Å². The first-order valence-corrected chi connectivity index (χ1v) is 2.63. The lowest BCUT2D eigenvalue weighted by Crippen LogP contribution is -1.92. The number of hydrogen-bond donors (Lipinski definition) is 0. The Morgan fingerprint density at radius 2 is 2.11 bits per heavy atom. The zero-order valence-electron chi connectivity index (χ0n) is 5.68. The zero-order chi connectivity index (χ0) is 7.28. The van der Waals surface area contributed by atoms with Gasteiger partial charge in [0.2, 0.25) is 0 Å². The summed E-state index contributed by atoms with van der Waals surface area (Å²) in [5.74, 6) is -0.420. The van der Waals surface area contributed by atoms with Crippen LogP contribution >= 0.6 is 0 Å². The predicted molar refractivity (Wildman–Crippen MR) is 35.7 cm³/mol. The third-order valence-electron chi connectivity index (χ3n) is 0.577. The van der Waals surface area contributed by atoms with Crippen molar-refractivity contribution in [1.82, 2.24) is 0 Å². The predicted octanol–water partition coefficient (Wildman–Crippen LogP) is 1.64. The second-order valence-electron chi connectivity index (χ2n) is 1.84. The molecule has 0 aliphatic rings. The fraction of sp³-hybridized carbons (Fsp3) is 0.286. The van der Waals surface area contributed by atoms with Crippen molar-refractivity contribution in [3.8, 4) is 0 Å². The maximum atomic E-state index is 10.3. The highest BCUT2D eigenvalue weighted by Crippen LogP contribution is 1.89. The van der Waals surface area contributed by atoms with Gasteiger partial charge in [-0.25, -0.2) is 4.79 Å². The molecule has 0 atom stereocenters. The van der Waals surface area contributed by atoms with Gasteiger partial charge in [-0.3, -0.25) is 0 Å². The average molecular weight is 126 g/mol. The van der Waals surface area contributed by atoms with Gasteiger partial charge in [0.1, 0.15) is 0 Å². The molecule has 0 aromatic carbocycles. The van der Waals surface area contributed by atoms with Crippen molar-refractivity contribution in [3.05, 3.63) is 24.5 Å². The molecule has 0 amide bonds. The Morgan fingerprint density at radius 1 is 1.56 bits per heavy atom. The fourth-order valence-electron chi connectivity index (χ4n) is 0.224. The molecule has 0 saturated heterocycles. The molecular formula is C7H10O2. The fourth-order valence-corrected chi connectivity index (χ4v) is 0.224. The minimum atomic E-state index is -0.420. The first kappa shape index (κ1) is 7.95. The average Bonchev–Trinajstić information content (AvgIpc) is 1.83. The summed E-state index contributed by atoms with van der Waals surface area (Å²) in [6, 6.07) is 0. The molecule has 0 unspecified atom stereocenters. The molecule has 0 N–H and O–H groups in total. The van der Waals surface area contributed by atoms with Gasteiger partial charge >= 0.3 is 5.97 Å². The highest BCUT2D eigenvalue weighted by molar-refractivity contribution is 5.81. The summed E-state index contributed by atoms with van der Waals surface area (Å²) in [5, 5.41) is 0. The van der Waals surface area contributed by atoms with Crippen molar-refractivity contribution >= 4 is 5.97 Å². The van der Waals surface area contributed by atoms with E-state index in [4.69, 9.17) is 0 Å². The van der Waals surface area contributed by atoms with E-state index >= 15 is 0 Å². The Balaban J connectivity index is 3.63. The Kier molecular flexibility index (Phi) is 3.44. The molecule has 0 spiro atoms. The monoisotopic (exact) mass is 126 g/mol. The van der Waals surface area contributed by atoms with Crippen molar-refractivity contribution in [2.75, 3.05) is 0 Å². The van der Waals surface area contributed by atoms with E-state index in [0.29, 0.717) is 0 Å². The van der Waals surface area contributed by atoms with Crippen molar-refractivity contribution in [3.63, 3.8) is 0 Å². The SMILES string of the molecule is C=CC(=O)OC=C(C)C. The molecule has 0 aromatic rings. The third kappa shape index (κ3) is 4.81. The standard InChI is InChI=1S/C7H10O2/c1-4-7(8)9-5-6(2)3/h4-5H,1H2,2-3H3. The molecule has 0 aliphatic carbocycles. The van der Waals surface area contributed by atoms with Crippen LogP contribution in [0.5, 0.6) is 0 Å². The van der Waals surface area contributed by atoms with E-state index in [-0.39, 0.29) is 0 Å². The van der Waals surface area contributed by atoms with Gasteiger partial charge in [-0.2, -0.15) is 0 Å². The van der Waals surface area contributed by atoms with Crippen LogP contribution in [0.2, 0.25) is 0 Å². The second-order valence-corrected chi connectivity index (χ2v) is 1.84. The van der Waals surface area contributed by atoms with Crippen molar-refractivity contribution < 1.29 is 9.53 Å². The first-order chi connectivity index (χ1) is 4.16. The van der Waals surface area contributed by atoms with Crippen LogP contribution in [0.4, 0.5) is 0 Å². The van der Waals surface area contributed by atoms with Gasteiger partial charge in [-0.1, -0.05) is 6.58 Å². The van der Waals surface area contributed by atoms with Crippen molar-refractivity contribution in [1.29, 1.82) is 0 Å². The smallest absolute Gasteiger partial charge is 0.334 e. The van der Waals surface area contributed by atoms with E-state index in [1.54, 1.807) is 0 Å². The summed E-state index contributed by atoms with van der Waals surface area (Å²) in [5.41, 5.74) is 0.949. The molecule has 0 aromatic heterocycles. The Morgan fingerprint density at radius 3 is 2.44 bits per heavy atom. The quantitative estimate of drug-likeness (QED) is 0.319. The number of hydrogen-bond acceptors (Lipinski definition) is 2. The maximum absolute atomic E-state index is 10.3. The lowest BCUT2D eigenvalue weighted by molar-refractivity contribution is -0.132. The van der Waals surface area contributed by atoms with E-state index in [9.17, 15) is 4.79 Å². The molecule has 0 rings (SSSR count). The van der Waals surface area contributed by atoms with Crippen LogP contribution in [0.3, 0.4) is 0 Å². The van der Waals surface area contributed by atoms with E-state index in [2.05, 4.69) is 11.3 Å². The van der Waals surface area contributed by atoms with Crippen LogP contribution in [-0.4, -0.2) is 5.97 Å². The van der Waals surface area contributed by atoms with Gasteiger partial charge in [0, 0.05) is 6.08 Å². The van der Waals surface area contributed by atoms with E-state index in [1.165, 1.54) is 6.26 Å². The van der Waals surface area contributed by atoms with Gasteiger partial charge in [0.05, 0.1) is 6.26 Å². The second kappa shape index (κ2) is 3.89. The van der Waals surface area contributed by atoms with E-state index in [1.807, 2.05) is 13.8 Å². The molecular weight excluding hydrogens is 116 g/mol. The maximum Gasteiger partial charge on any atom is 0.334 e. The van der Waals surface area contributed by atoms with Crippen LogP contribution in [-0.2, 0) is 9.53 Å². The van der Waals surface area contributed by atoms with Crippen molar-refractivity contribution in [2.24, 2.45) is 0 Å². The molecule has 0 fully saturated rings. The molecule has 0 aliphatic heterocycles. The summed E-state index contributed by atoms with van der Waals surface area (Å²) in [4.78, 5) is 10.3. The molecule has 2 heteroatoms. The molecule has 0 heterocycles. The molecule has 9 heavy (non-hydrogen) atoms. The Bertz CT molecular complexity index is 141. The van der Waals surface area contributed by atoms with Gasteiger partial charge in [0.15, 0.2) is 0 Å². The van der Waals surface area contributed by atoms with E-state index in [0.717, 1.165) is 11.6 Å². The van der Waals surface area contributed by atoms with Crippen LogP contribution in [0.15, 0.2) is 24.5 Å².